The van der Waals surface area contributed by atoms with Crippen LogP contribution in [0.4, 0.5) is 0 Å². The van der Waals surface area contributed by atoms with Gasteiger partial charge in [0.05, 0.1) is 0 Å². The summed E-state index contributed by atoms with van der Waals surface area (Å²) in [5.41, 5.74) is 0.942. The summed E-state index contributed by atoms with van der Waals surface area (Å²) in [4.78, 5) is 11.6. The normalized spacial score (nSPS) is 12.0. The minimum atomic E-state index is -1.00. The highest BCUT2D eigenvalue weighted by atomic mass is 35.5. The standard InChI is InChI=1S/C19H15ClO3/c20-15-8-4-9-16(12-15)23-18(19(21)22)11-14-7-3-6-13-5-1-2-10-17(13)14/h1-10,12,18H,11H2,(H,21,22). The van der Waals surface area contributed by atoms with Crippen LogP contribution in [0.1, 0.15) is 5.56 Å². The van der Waals surface area contributed by atoms with Crippen LogP contribution >= 0.6 is 11.6 Å². The molecule has 0 radical (unpaired) electrons. The van der Waals surface area contributed by atoms with E-state index < -0.39 is 12.1 Å². The number of carboxylic acids is 1. The first-order valence-electron chi connectivity index (χ1n) is 7.25. The van der Waals surface area contributed by atoms with Gasteiger partial charge in [-0.3, -0.25) is 0 Å². The Kier molecular flexibility index (Phi) is 4.49. The fraction of sp³-hybridized carbons (Fsp3) is 0.105. The molecule has 3 aromatic carbocycles. The first-order chi connectivity index (χ1) is 11.1. The van der Waals surface area contributed by atoms with Crippen molar-refractivity contribution in [3.8, 4) is 5.75 Å². The molecule has 0 aliphatic rings. The second-order valence-corrected chi connectivity index (χ2v) is 5.68. The lowest BCUT2D eigenvalue weighted by atomic mass is 10.00. The number of halogens is 1. The van der Waals surface area contributed by atoms with Crippen LogP contribution in [0.5, 0.6) is 5.75 Å². The monoisotopic (exact) mass is 326 g/mol. The van der Waals surface area contributed by atoms with Gasteiger partial charge in [0.25, 0.3) is 0 Å². The van der Waals surface area contributed by atoms with Crippen molar-refractivity contribution in [3.63, 3.8) is 0 Å². The van der Waals surface area contributed by atoms with Crippen molar-refractivity contribution in [1.82, 2.24) is 0 Å². The predicted molar refractivity (Wildman–Crippen MR) is 91.2 cm³/mol. The van der Waals surface area contributed by atoms with Gasteiger partial charge in [-0.15, -0.1) is 0 Å². The molecule has 0 saturated carbocycles. The summed E-state index contributed by atoms with van der Waals surface area (Å²) in [6.07, 6.45) is -0.692. The zero-order valence-corrected chi connectivity index (χ0v) is 13.0. The smallest absolute Gasteiger partial charge is 0.345 e. The molecular formula is C19H15ClO3. The summed E-state index contributed by atoms with van der Waals surface area (Å²) in [5.74, 6) is -0.553. The van der Waals surface area contributed by atoms with E-state index >= 15 is 0 Å². The third-order valence-corrected chi connectivity index (χ3v) is 3.87. The van der Waals surface area contributed by atoms with Crippen LogP contribution in [0.25, 0.3) is 10.8 Å². The summed E-state index contributed by atoms with van der Waals surface area (Å²) < 4.78 is 5.63. The van der Waals surface area contributed by atoms with Gasteiger partial charge in [0.1, 0.15) is 5.75 Å². The first-order valence-corrected chi connectivity index (χ1v) is 7.63. The number of rotatable bonds is 5. The van der Waals surface area contributed by atoms with Gasteiger partial charge in [0.15, 0.2) is 6.10 Å². The number of carbonyl (C=O) groups is 1. The van der Waals surface area contributed by atoms with E-state index in [2.05, 4.69) is 0 Å². The lowest BCUT2D eigenvalue weighted by Gasteiger charge is -2.16. The SMILES string of the molecule is O=C(O)C(Cc1cccc2ccccc12)Oc1cccc(Cl)c1. The molecule has 1 N–H and O–H groups in total. The van der Waals surface area contributed by atoms with Gasteiger partial charge in [0.2, 0.25) is 0 Å². The van der Waals surface area contributed by atoms with E-state index in [4.69, 9.17) is 16.3 Å². The van der Waals surface area contributed by atoms with Gasteiger partial charge < -0.3 is 9.84 Å². The molecule has 0 aliphatic carbocycles. The third-order valence-electron chi connectivity index (χ3n) is 3.64. The van der Waals surface area contributed by atoms with Gasteiger partial charge >= 0.3 is 5.97 Å². The van der Waals surface area contributed by atoms with Crippen LogP contribution < -0.4 is 4.74 Å². The van der Waals surface area contributed by atoms with Gasteiger partial charge in [0, 0.05) is 11.4 Å². The lowest BCUT2D eigenvalue weighted by Crippen LogP contribution is -2.29. The predicted octanol–water partition coefficient (Wildman–Crippen LogP) is 4.57. The van der Waals surface area contributed by atoms with E-state index in [1.54, 1.807) is 24.3 Å². The van der Waals surface area contributed by atoms with Crippen LogP contribution in [0.2, 0.25) is 5.02 Å². The maximum absolute atomic E-state index is 11.6. The molecule has 23 heavy (non-hydrogen) atoms. The molecular weight excluding hydrogens is 312 g/mol. The van der Waals surface area contributed by atoms with Crippen LogP contribution in [0, 0.1) is 0 Å². The Bertz CT molecular complexity index is 839. The van der Waals surface area contributed by atoms with Gasteiger partial charge in [-0.2, -0.15) is 0 Å². The number of fused-ring (bicyclic) bond motifs is 1. The van der Waals surface area contributed by atoms with Crippen molar-refractivity contribution >= 4 is 28.3 Å². The fourth-order valence-electron chi connectivity index (χ4n) is 2.55. The van der Waals surface area contributed by atoms with E-state index in [1.807, 2.05) is 42.5 Å². The molecule has 4 heteroatoms. The lowest BCUT2D eigenvalue weighted by molar-refractivity contribution is -0.145. The molecule has 1 atom stereocenters. The highest BCUT2D eigenvalue weighted by Crippen LogP contribution is 2.23. The topological polar surface area (TPSA) is 46.5 Å². The van der Waals surface area contributed by atoms with Crippen LogP contribution in [-0.4, -0.2) is 17.2 Å². The molecule has 0 fully saturated rings. The molecule has 0 saturated heterocycles. The number of hydrogen-bond donors (Lipinski definition) is 1. The number of ether oxygens (including phenoxy) is 1. The average molecular weight is 327 g/mol. The molecule has 3 aromatic rings. The Hall–Kier alpha value is -2.52. The number of aliphatic carboxylic acids is 1. The fourth-order valence-corrected chi connectivity index (χ4v) is 2.73. The maximum atomic E-state index is 11.6. The van der Waals surface area contributed by atoms with Crippen molar-refractivity contribution in [3.05, 3.63) is 77.3 Å². The highest BCUT2D eigenvalue weighted by molar-refractivity contribution is 6.30. The molecule has 3 nitrogen and oxygen atoms in total. The maximum Gasteiger partial charge on any atom is 0.345 e. The molecule has 3 rings (SSSR count). The van der Waals surface area contributed by atoms with Crippen LogP contribution in [-0.2, 0) is 11.2 Å². The minimum absolute atomic E-state index is 0.281. The summed E-state index contributed by atoms with van der Waals surface area (Å²) in [6.45, 7) is 0. The summed E-state index contributed by atoms with van der Waals surface area (Å²) >= 11 is 5.92. The quantitative estimate of drug-likeness (QED) is 0.747. The Labute approximate surface area is 139 Å². The zero-order chi connectivity index (χ0) is 16.2. The molecule has 0 amide bonds. The van der Waals surface area contributed by atoms with E-state index in [-0.39, 0.29) is 6.42 Å². The van der Waals surface area contributed by atoms with Gasteiger partial charge in [-0.1, -0.05) is 60.1 Å². The first kappa shape index (κ1) is 15.4. The Balaban J connectivity index is 1.88. The third kappa shape index (κ3) is 3.63. The summed E-state index contributed by atoms with van der Waals surface area (Å²) in [7, 11) is 0. The highest BCUT2D eigenvalue weighted by Gasteiger charge is 2.21. The van der Waals surface area contributed by atoms with Crippen molar-refractivity contribution in [1.29, 1.82) is 0 Å². The zero-order valence-electron chi connectivity index (χ0n) is 12.3. The minimum Gasteiger partial charge on any atom is -0.478 e. The molecule has 1 unspecified atom stereocenters. The van der Waals surface area contributed by atoms with Crippen molar-refractivity contribution in [2.75, 3.05) is 0 Å². The van der Waals surface area contributed by atoms with Crippen molar-refractivity contribution < 1.29 is 14.6 Å². The molecule has 0 heterocycles. The van der Waals surface area contributed by atoms with Crippen molar-refractivity contribution in [2.45, 2.75) is 12.5 Å². The second kappa shape index (κ2) is 6.71. The molecule has 0 spiro atoms. The van der Waals surface area contributed by atoms with E-state index in [0.29, 0.717) is 10.8 Å². The largest absolute Gasteiger partial charge is 0.478 e. The molecule has 0 bridgehead atoms. The summed E-state index contributed by atoms with van der Waals surface area (Å²) in [5, 5.41) is 12.1. The number of hydrogen-bond acceptors (Lipinski definition) is 2. The van der Waals surface area contributed by atoms with Crippen LogP contribution in [0.15, 0.2) is 66.7 Å². The molecule has 0 aromatic heterocycles. The average Bonchev–Trinajstić information content (AvgIpc) is 2.54. The second-order valence-electron chi connectivity index (χ2n) is 5.24. The van der Waals surface area contributed by atoms with Crippen LogP contribution in [0.3, 0.4) is 0 Å². The van der Waals surface area contributed by atoms with E-state index in [9.17, 15) is 9.90 Å². The number of carboxylic acid groups (broad SMARTS) is 1. The van der Waals surface area contributed by atoms with E-state index in [1.165, 1.54) is 0 Å². The van der Waals surface area contributed by atoms with Crippen molar-refractivity contribution in [2.24, 2.45) is 0 Å². The van der Waals surface area contributed by atoms with E-state index in [0.717, 1.165) is 16.3 Å². The molecule has 0 aliphatic heterocycles. The number of benzene rings is 3. The Morgan fingerprint density at radius 1 is 1.04 bits per heavy atom. The Morgan fingerprint density at radius 3 is 2.57 bits per heavy atom. The summed E-state index contributed by atoms with van der Waals surface area (Å²) in [6, 6.07) is 20.5. The van der Waals surface area contributed by atoms with Gasteiger partial charge in [-0.05, 0) is 34.5 Å². The Morgan fingerprint density at radius 2 is 1.78 bits per heavy atom. The molecule has 116 valence electrons. The van der Waals surface area contributed by atoms with Gasteiger partial charge in [-0.25, -0.2) is 4.79 Å².